The molecule has 1 heterocycles. The predicted molar refractivity (Wildman–Crippen MR) is 75.7 cm³/mol. The number of ether oxygens (including phenoxy) is 1. The Morgan fingerprint density at radius 1 is 1.35 bits per heavy atom. The molecule has 0 aliphatic heterocycles. The molecule has 0 saturated carbocycles. The van der Waals surface area contributed by atoms with E-state index < -0.39 is 5.97 Å². The van der Waals surface area contributed by atoms with E-state index in [1.807, 2.05) is 0 Å². The van der Waals surface area contributed by atoms with Crippen LogP contribution in [0, 0.1) is 13.8 Å². The average molecular weight is 292 g/mol. The molecular formula is C14H16N2O3S. The Labute approximate surface area is 121 Å². The van der Waals surface area contributed by atoms with E-state index in [1.165, 1.54) is 28.5 Å². The minimum absolute atomic E-state index is 0.102. The molecule has 2 aromatic rings. The highest BCUT2D eigenvalue weighted by atomic mass is 32.2. The highest BCUT2D eigenvalue weighted by Crippen LogP contribution is 2.24. The third kappa shape index (κ3) is 3.60. The van der Waals surface area contributed by atoms with E-state index >= 15 is 0 Å². The molecule has 6 heteroatoms. The fraction of sp³-hybridized carbons (Fsp3) is 0.357. The second-order valence-electron chi connectivity index (χ2n) is 4.31. The highest BCUT2D eigenvalue weighted by molar-refractivity contribution is 7.98. The number of hydrogen-bond acceptors (Lipinski definition) is 6. The van der Waals surface area contributed by atoms with Crippen LogP contribution in [0.1, 0.15) is 34.3 Å². The fourth-order valence-corrected chi connectivity index (χ4v) is 2.47. The van der Waals surface area contributed by atoms with Crippen molar-refractivity contribution >= 4 is 17.7 Å². The zero-order valence-corrected chi connectivity index (χ0v) is 12.5. The van der Waals surface area contributed by atoms with Crippen molar-refractivity contribution in [1.29, 1.82) is 0 Å². The van der Waals surface area contributed by atoms with Gasteiger partial charge in [-0.05, 0) is 31.9 Å². The van der Waals surface area contributed by atoms with Crippen LogP contribution in [0.2, 0.25) is 0 Å². The van der Waals surface area contributed by atoms with Crippen molar-refractivity contribution in [1.82, 2.24) is 10.2 Å². The van der Waals surface area contributed by atoms with E-state index in [9.17, 15) is 4.79 Å². The number of carbonyl (C=O) groups excluding carboxylic acids is 1. The molecule has 0 atom stereocenters. The number of nitrogens with zero attached hydrogens (tertiary/aromatic N) is 2. The van der Waals surface area contributed by atoms with Gasteiger partial charge in [-0.25, -0.2) is 4.79 Å². The molecule has 0 spiro atoms. The molecule has 0 aliphatic carbocycles. The van der Waals surface area contributed by atoms with Crippen LogP contribution in [0.3, 0.4) is 0 Å². The van der Waals surface area contributed by atoms with E-state index in [0.717, 1.165) is 5.75 Å². The number of hydrogen-bond donors (Lipinski definition) is 0. The van der Waals surface area contributed by atoms with Crippen molar-refractivity contribution in [3.63, 3.8) is 0 Å². The summed E-state index contributed by atoms with van der Waals surface area (Å²) in [7, 11) is 0. The van der Waals surface area contributed by atoms with Gasteiger partial charge in [-0.3, -0.25) is 0 Å². The van der Waals surface area contributed by atoms with Crippen molar-refractivity contribution in [2.45, 2.75) is 31.7 Å². The summed E-state index contributed by atoms with van der Waals surface area (Å²) >= 11 is 1.40. The Balaban J connectivity index is 2.01. The first-order valence-corrected chi connectivity index (χ1v) is 7.28. The number of carbonyl (C=O) groups is 1. The summed E-state index contributed by atoms with van der Waals surface area (Å²) in [5.41, 5.74) is 3.64. The molecule has 0 amide bonds. The number of esters is 1. The zero-order valence-electron chi connectivity index (χ0n) is 11.7. The van der Waals surface area contributed by atoms with Gasteiger partial charge in [0.05, 0.1) is 6.61 Å². The Bertz CT molecular complexity index is 610. The first-order valence-electron chi connectivity index (χ1n) is 6.29. The van der Waals surface area contributed by atoms with Crippen molar-refractivity contribution in [2.24, 2.45) is 0 Å². The molecule has 0 unspecified atom stereocenters. The van der Waals surface area contributed by atoms with Gasteiger partial charge in [0.25, 0.3) is 5.22 Å². The zero-order chi connectivity index (χ0) is 14.5. The van der Waals surface area contributed by atoms with Crippen LogP contribution in [-0.4, -0.2) is 22.8 Å². The molecule has 5 nitrogen and oxygen atoms in total. The molecule has 20 heavy (non-hydrogen) atoms. The summed E-state index contributed by atoms with van der Waals surface area (Å²) in [5, 5.41) is 7.88. The van der Waals surface area contributed by atoms with E-state index in [1.54, 1.807) is 6.92 Å². The molecule has 0 radical (unpaired) electrons. The molecule has 0 N–H and O–H groups in total. The summed E-state index contributed by atoms with van der Waals surface area (Å²) in [6.45, 7) is 6.13. The summed E-state index contributed by atoms with van der Waals surface area (Å²) in [5.74, 6) is 0.0340. The summed E-state index contributed by atoms with van der Waals surface area (Å²) < 4.78 is 10.1. The lowest BCUT2D eigenvalue weighted by molar-refractivity contribution is 0.0475. The second kappa shape index (κ2) is 6.56. The number of thioether (sulfide) groups is 1. The predicted octanol–water partition coefficient (Wildman–Crippen LogP) is 3.16. The normalized spacial score (nSPS) is 10.6. The van der Waals surface area contributed by atoms with Crippen LogP contribution < -0.4 is 0 Å². The van der Waals surface area contributed by atoms with Gasteiger partial charge in [0.15, 0.2) is 0 Å². The molecule has 2 rings (SSSR count). The average Bonchev–Trinajstić information content (AvgIpc) is 2.89. The molecule has 0 aliphatic rings. The second-order valence-corrected chi connectivity index (χ2v) is 5.24. The first kappa shape index (κ1) is 14.6. The number of benzene rings is 1. The van der Waals surface area contributed by atoms with E-state index in [0.29, 0.717) is 5.22 Å². The molecule has 0 fully saturated rings. The quantitative estimate of drug-likeness (QED) is 0.623. The smallest absolute Gasteiger partial charge is 0.396 e. The van der Waals surface area contributed by atoms with Gasteiger partial charge in [0.1, 0.15) is 0 Å². The monoisotopic (exact) mass is 292 g/mol. The maximum atomic E-state index is 11.4. The SMILES string of the molecule is CCOC(=O)c1nnc(SCc2cc(C)ccc2C)o1. The first-order chi connectivity index (χ1) is 9.60. The van der Waals surface area contributed by atoms with Crippen molar-refractivity contribution in [2.75, 3.05) is 6.61 Å². The van der Waals surface area contributed by atoms with Crippen molar-refractivity contribution in [3.05, 3.63) is 40.8 Å². The van der Waals surface area contributed by atoms with Gasteiger partial charge in [0.2, 0.25) is 0 Å². The third-order valence-electron chi connectivity index (χ3n) is 2.71. The van der Waals surface area contributed by atoms with Crippen LogP contribution in [0.25, 0.3) is 0 Å². The van der Waals surface area contributed by atoms with Gasteiger partial charge in [-0.1, -0.05) is 40.6 Å². The van der Waals surface area contributed by atoms with Crippen molar-refractivity contribution < 1.29 is 13.9 Å². The third-order valence-corrected chi connectivity index (χ3v) is 3.58. The van der Waals surface area contributed by atoms with Gasteiger partial charge in [-0.15, -0.1) is 5.10 Å². The Morgan fingerprint density at radius 2 is 2.15 bits per heavy atom. The van der Waals surface area contributed by atoms with Gasteiger partial charge >= 0.3 is 11.9 Å². The molecule has 106 valence electrons. The van der Waals surface area contributed by atoms with Crippen LogP contribution in [-0.2, 0) is 10.5 Å². The highest BCUT2D eigenvalue weighted by Gasteiger charge is 2.16. The van der Waals surface area contributed by atoms with Crippen LogP contribution in [0.4, 0.5) is 0 Å². The standard InChI is InChI=1S/C14H16N2O3S/c1-4-18-13(17)12-15-16-14(19-12)20-8-11-7-9(2)5-6-10(11)3/h5-7H,4,8H2,1-3H3. The lowest BCUT2D eigenvalue weighted by Gasteiger charge is -2.04. The molecule has 1 aromatic heterocycles. The topological polar surface area (TPSA) is 65.2 Å². The van der Waals surface area contributed by atoms with Crippen LogP contribution in [0.5, 0.6) is 0 Å². The van der Waals surface area contributed by atoms with E-state index in [2.05, 4.69) is 42.2 Å². The maximum absolute atomic E-state index is 11.4. The van der Waals surface area contributed by atoms with Gasteiger partial charge in [0, 0.05) is 5.75 Å². The molecule has 1 aromatic carbocycles. The summed E-state index contributed by atoms with van der Waals surface area (Å²) in [6, 6.07) is 6.29. The summed E-state index contributed by atoms with van der Waals surface area (Å²) in [4.78, 5) is 11.4. The van der Waals surface area contributed by atoms with Crippen LogP contribution in [0.15, 0.2) is 27.8 Å². The van der Waals surface area contributed by atoms with Crippen molar-refractivity contribution in [3.8, 4) is 0 Å². The fourth-order valence-electron chi connectivity index (χ4n) is 1.64. The molecular weight excluding hydrogens is 276 g/mol. The number of rotatable bonds is 5. The largest absolute Gasteiger partial charge is 0.459 e. The Hall–Kier alpha value is -1.82. The Kier molecular flexibility index (Phi) is 4.79. The molecule has 0 saturated heterocycles. The lowest BCUT2D eigenvalue weighted by atomic mass is 10.1. The number of aryl methyl sites for hydroxylation is 2. The Morgan fingerprint density at radius 3 is 2.90 bits per heavy atom. The van der Waals surface area contributed by atoms with Gasteiger partial charge in [-0.2, -0.15) is 0 Å². The minimum atomic E-state index is -0.585. The van der Waals surface area contributed by atoms with Gasteiger partial charge < -0.3 is 9.15 Å². The maximum Gasteiger partial charge on any atom is 0.396 e. The van der Waals surface area contributed by atoms with E-state index in [-0.39, 0.29) is 12.5 Å². The number of aromatic nitrogens is 2. The lowest BCUT2D eigenvalue weighted by Crippen LogP contribution is -2.04. The minimum Gasteiger partial charge on any atom is -0.459 e. The summed E-state index contributed by atoms with van der Waals surface area (Å²) in [6.07, 6.45) is 0. The van der Waals surface area contributed by atoms with Crippen LogP contribution >= 0.6 is 11.8 Å². The molecule has 0 bridgehead atoms. The van der Waals surface area contributed by atoms with E-state index in [4.69, 9.17) is 9.15 Å².